The molecular formula is C32H19ClN4O2. The first-order chi connectivity index (χ1) is 19.2. The highest BCUT2D eigenvalue weighted by Crippen LogP contribution is 2.44. The van der Waals surface area contributed by atoms with Crippen molar-refractivity contribution in [2.75, 3.05) is 6.79 Å². The van der Waals surface area contributed by atoms with Crippen LogP contribution < -0.4 is 9.47 Å². The highest BCUT2D eigenvalue weighted by atomic mass is 35.5. The van der Waals surface area contributed by atoms with Gasteiger partial charge in [-0.15, -0.1) is 0 Å². The first kappa shape index (κ1) is 23.0. The second-order valence-electron chi connectivity index (χ2n) is 9.06. The Morgan fingerprint density at radius 3 is 2.15 bits per heavy atom. The van der Waals surface area contributed by atoms with Crippen LogP contribution in [-0.4, -0.2) is 21.6 Å². The van der Waals surface area contributed by atoms with E-state index in [1.165, 1.54) is 0 Å². The van der Waals surface area contributed by atoms with Crippen molar-refractivity contribution in [1.82, 2.24) is 14.8 Å². The van der Waals surface area contributed by atoms with E-state index >= 15 is 0 Å². The first-order valence-corrected chi connectivity index (χ1v) is 12.7. The Balaban J connectivity index is 1.65. The summed E-state index contributed by atoms with van der Waals surface area (Å²) in [5.74, 6) is 1.30. The molecule has 7 heteroatoms. The molecule has 0 radical (unpaired) electrons. The van der Waals surface area contributed by atoms with E-state index in [1.54, 1.807) is 12.1 Å². The van der Waals surface area contributed by atoms with E-state index in [1.807, 2.05) is 95.7 Å². The van der Waals surface area contributed by atoms with Gasteiger partial charge < -0.3 is 9.47 Å². The van der Waals surface area contributed by atoms with Gasteiger partial charge in [-0.3, -0.25) is 0 Å². The molecule has 1 aliphatic rings. The SMILES string of the molecule is N#Cc1c(-c2ccc(Cl)cc2)nc2c(c(-c3ccccc3)nn2-c2ccccc2)c1-c1ccc2c(c1)OCO2. The maximum atomic E-state index is 10.6. The maximum Gasteiger partial charge on any atom is 0.231 e. The molecule has 6 nitrogen and oxygen atoms in total. The largest absolute Gasteiger partial charge is 0.454 e. The summed E-state index contributed by atoms with van der Waals surface area (Å²) in [7, 11) is 0. The zero-order valence-corrected chi connectivity index (χ0v) is 21.3. The summed E-state index contributed by atoms with van der Waals surface area (Å²) in [6.45, 7) is 0.160. The predicted molar refractivity (Wildman–Crippen MR) is 151 cm³/mol. The Kier molecular flexibility index (Phi) is 5.50. The Morgan fingerprint density at radius 1 is 0.744 bits per heavy atom. The van der Waals surface area contributed by atoms with Gasteiger partial charge in [0.05, 0.1) is 22.3 Å². The van der Waals surface area contributed by atoms with Crippen LogP contribution in [0.15, 0.2) is 103 Å². The molecule has 186 valence electrons. The third kappa shape index (κ3) is 3.88. The van der Waals surface area contributed by atoms with Gasteiger partial charge in [0.15, 0.2) is 17.1 Å². The number of rotatable bonds is 4. The zero-order valence-electron chi connectivity index (χ0n) is 20.5. The van der Waals surface area contributed by atoms with Gasteiger partial charge in [0.25, 0.3) is 0 Å². The van der Waals surface area contributed by atoms with E-state index in [9.17, 15) is 5.26 Å². The molecule has 6 aromatic rings. The van der Waals surface area contributed by atoms with Gasteiger partial charge in [-0.25, -0.2) is 9.67 Å². The van der Waals surface area contributed by atoms with Gasteiger partial charge in [-0.1, -0.05) is 78.3 Å². The number of halogens is 1. The summed E-state index contributed by atoms with van der Waals surface area (Å²) in [5, 5.41) is 17.1. The van der Waals surface area contributed by atoms with E-state index < -0.39 is 0 Å². The lowest BCUT2D eigenvalue weighted by Crippen LogP contribution is -2.01. The van der Waals surface area contributed by atoms with Crippen molar-refractivity contribution in [1.29, 1.82) is 5.26 Å². The molecule has 2 aromatic heterocycles. The molecule has 3 heterocycles. The number of hydrogen-bond acceptors (Lipinski definition) is 5. The third-order valence-corrected chi connectivity index (χ3v) is 7.01. The third-order valence-electron chi connectivity index (χ3n) is 6.75. The van der Waals surface area contributed by atoms with Crippen LogP contribution in [0, 0.1) is 11.3 Å². The lowest BCUT2D eigenvalue weighted by molar-refractivity contribution is 0.174. The minimum atomic E-state index is 0.160. The number of nitrogens with zero attached hydrogens (tertiary/aromatic N) is 4. The number of para-hydroxylation sites is 1. The summed E-state index contributed by atoms with van der Waals surface area (Å²) < 4.78 is 13.1. The molecule has 0 atom stereocenters. The smallest absolute Gasteiger partial charge is 0.231 e. The topological polar surface area (TPSA) is 73.0 Å². The molecule has 7 rings (SSSR count). The maximum absolute atomic E-state index is 10.6. The summed E-state index contributed by atoms with van der Waals surface area (Å²) in [5.41, 5.74) is 6.45. The Morgan fingerprint density at radius 2 is 1.41 bits per heavy atom. The summed E-state index contributed by atoms with van der Waals surface area (Å²) in [6.07, 6.45) is 0. The molecule has 0 bridgehead atoms. The highest BCUT2D eigenvalue weighted by Gasteiger charge is 2.27. The van der Waals surface area contributed by atoms with Crippen molar-refractivity contribution >= 4 is 22.6 Å². The highest BCUT2D eigenvalue weighted by molar-refractivity contribution is 6.30. The van der Waals surface area contributed by atoms with E-state index in [4.69, 9.17) is 31.2 Å². The van der Waals surface area contributed by atoms with Crippen LogP contribution in [0.5, 0.6) is 11.5 Å². The number of nitriles is 1. The van der Waals surface area contributed by atoms with Gasteiger partial charge in [-0.05, 0) is 42.0 Å². The molecule has 0 fully saturated rings. The lowest BCUT2D eigenvalue weighted by atomic mass is 9.92. The van der Waals surface area contributed by atoms with Crippen molar-refractivity contribution in [3.63, 3.8) is 0 Å². The van der Waals surface area contributed by atoms with Crippen LogP contribution >= 0.6 is 11.6 Å². The molecule has 0 amide bonds. The fraction of sp³-hybridized carbons (Fsp3) is 0.0312. The molecule has 0 N–H and O–H groups in total. The molecule has 1 aliphatic heterocycles. The van der Waals surface area contributed by atoms with Gasteiger partial charge in [0, 0.05) is 21.7 Å². The second kappa shape index (κ2) is 9.32. The van der Waals surface area contributed by atoms with Crippen LogP contribution in [0.4, 0.5) is 0 Å². The summed E-state index contributed by atoms with van der Waals surface area (Å²) >= 11 is 6.20. The van der Waals surface area contributed by atoms with Crippen molar-refractivity contribution in [2.45, 2.75) is 0 Å². The van der Waals surface area contributed by atoms with E-state index in [0.29, 0.717) is 33.4 Å². The predicted octanol–water partition coefficient (Wildman–Crippen LogP) is 7.68. The second-order valence-corrected chi connectivity index (χ2v) is 9.49. The number of hydrogen-bond donors (Lipinski definition) is 0. The number of aromatic nitrogens is 3. The van der Waals surface area contributed by atoms with Crippen molar-refractivity contribution in [3.05, 3.63) is 114 Å². The van der Waals surface area contributed by atoms with Gasteiger partial charge in [0.1, 0.15) is 11.8 Å². The molecule has 0 saturated heterocycles. The minimum absolute atomic E-state index is 0.160. The van der Waals surface area contributed by atoms with E-state index in [-0.39, 0.29) is 6.79 Å². The molecular weight excluding hydrogens is 508 g/mol. The van der Waals surface area contributed by atoms with Gasteiger partial charge >= 0.3 is 0 Å². The number of benzene rings is 4. The van der Waals surface area contributed by atoms with Crippen molar-refractivity contribution < 1.29 is 9.47 Å². The van der Waals surface area contributed by atoms with Crippen LogP contribution in [0.25, 0.3) is 50.4 Å². The van der Waals surface area contributed by atoms with Crippen LogP contribution in [0.2, 0.25) is 5.02 Å². The fourth-order valence-electron chi connectivity index (χ4n) is 4.96. The summed E-state index contributed by atoms with van der Waals surface area (Å²) in [4.78, 5) is 5.11. The molecule has 0 unspecified atom stereocenters. The monoisotopic (exact) mass is 526 g/mol. The van der Waals surface area contributed by atoms with Crippen LogP contribution in [0.3, 0.4) is 0 Å². The molecule has 0 saturated carbocycles. The van der Waals surface area contributed by atoms with Crippen LogP contribution in [0.1, 0.15) is 5.56 Å². The van der Waals surface area contributed by atoms with Crippen LogP contribution in [-0.2, 0) is 0 Å². The average molecular weight is 527 g/mol. The van der Waals surface area contributed by atoms with E-state index in [0.717, 1.165) is 39.0 Å². The average Bonchev–Trinajstić information content (AvgIpc) is 3.62. The Labute approximate surface area is 229 Å². The normalized spacial score (nSPS) is 12.0. The molecule has 0 spiro atoms. The lowest BCUT2D eigenvalue weighted by Gasteiger charge is -2.14. The van der Waals surface area contributed by atoms with Crippen molar-refractivity contribution in [2.24, 2.45) is 0 Å². The molecule has 4 aromatic carbocycles. The fourth-order valence-corrected chi connectivity index (χ4v) is 5.09. The number of pyridine rings is 1. The van der Waals surface area contributed by atoms with E-state index in [2.05, 4.69) is 6.07 Å². The van der Waals surface area contributed by atoms with Crippen molar-refractivity contribution in [3.8, 4) is 56.9 Å². The minimum Gasteiger partial charge on any atom is -0.454 e. The van der Waals surface area contributed by atoms with Gasteiger partial charge in [-0.2, -0.15) is 10.4 Å². The standard InChI is InChI=1S/C32H19ClN4O2/c33-23-14-11-21(12-15-23)30-25(18-34)28(22-13-16-26-27(17-22)39-19-38-26)29-31(20-7-3-1-4-8-20)36-37(32(29)35-30)24-9-5-2-6-10-24/h1-17H,19H2. The quantitative estimate of drug-likeness (QED) is 0.235. The number of ether oxygens (including phenoxy) is 2. The number of fused-ring (bicyclic) bond motifs is 2. The first-order valence-electron chi connectivity index (χ1n) is 12.3. The Bertz CT molecular complexity index is 1890. The molecule has 0 aliphatic carbocycles. The zero-order chi connectivity index (χ0) is 26.3. The summed E-state index contributed by atoms with van der Waals surface area (Å²) in [6, 6.07) is 35.4. The van der Waals surface area contributed by atoms with Gasteiger partial charge in [0.2, 0.25) is 6.79 Å². The Hall–Kier alpha value is -5.12. The molecule has 39 heavy (non-hydrogen) atoms.